The Kier molecular flexibility index (Phi) is 21.2. The van der Waals surface area contributed by atoms with E-state index in [-0.39, 0.29) is 24.3 Å². The quantitative estimate of drug-likeness (QED) is 0.0423. The molecule has 0 spiro atoms. The van der Waals surface area contributed by atoms with E-state index in [0.717, 1.165) is 51.4 Å². The zero-order chi connectivity index (χ0) is 32.0. The lowest BCUT2D eigenvalue weighted by Gasteiger charge is -2.22. The lowest BCUT2D eigenvalue weighted by atomic mass is 9.98. The van der Waals surface area contributed by atoms with Crippen LogP contribution in [0, 0.1) is 0 Å². The van der Waals surface area contributed by atoms with Gasteiger partial charge in [0.2, 0.25) is 0 Å². The van der Waals surface area contributed by atoms with Gasteiger partial charge in [-0.15, -0.1) is 0 Å². The molecular formula is C37H66O7. The first kappa shape index (κ1) is 38.9. The van der Waals surface area contributed by atoms with Gasteiger partial charge in [0.15, 0.2) is 0 Å². The fraction of sp³-hybridized carbons (Fsp3) is 0.865. The van der Waals surface area contributed by atoms with Crippen LogP contribution in [0.3, 0.4) is 0 Å². The van der Waals surface area contributed by atoms with Crippen LogP contribution < -0.4 is 0 Å². The van der Waals surface area contributed by atoms with Crippen LogP contribution in [0.1, 0.15) is 162 Å². The minimum absolute atomic E-state index is 0.141. The van der Waals surface area contributed by atoms with Crippen molar-refractivity contribution in [2.45, 2.75) is 204 Å². The number of hydrogen-bond acceptors (Lipinski definition) is 7. The highest BCUT2D eigenvalue weighted by atomic mass is 16.5. The van der Waals surface area contributed by atoms with Crippen LogP contribution in [0.15, 0.2) is 23.8 Å². The van der Waals surface area contributed by atoms with Crippen LogP contribution in [-0.4, -0.2) is 69.1 Å². The van der Waals surface area contributed by atoms with Crippen molar-refractivity contribution in [1.82, 2.24) is 0 Å². The number of esters is 1. The molecule has 0 aromatic carbocycles. The normalized spacial score (nSPS) is 23.2. The van der Waals surface area contributed by atoms with Gasteiger partial charge in [0, 0.05) is 12.0 Å². The van der Waals surface area contributed by atoms with E-state index in [1.54, 1.807) is 6.08 Å². The molecule has 2 rings (SSSR count). The highest BCUT2D eigenvalue weighted by molar-refractivity contribution is 5.90. The monoisotopic (exact) mass is 622 g/mol. The van der Waals surface area contributed by atoms with Gasteiger partial charge in [-0.1, -0.05) is 96.1 Å². The molecule has 2 aliphatic heterocycles. The van der Waals surface area contributed by atoms with Gasteiger partial charge in [-0.25, -0.2) is 4.79 Å². The van der Waals surface area contributed by atoms with E-state index in [1.165, 1.54) is 64.2 Å². The molecule has 4 N–H and O–H groups in total. The van der Waals surface area contributed by atoms with Crippen molar-refractivity contribution in [3.05, 3.63) is 23.8 Å². The molecular weight excluding hydrogens is 556 g/mol. The van der Waals surface area contributed by atoms with Crippen molar-refractivity contribution < 1.29 is 34.7 Å². The third-order valence-corrected chi connectivity index (χ3v) is 9.30. The van der Waals surface area contributed by atoms with E-state index < -0.39 is 24.4 Å². The Bertz CT molecular complexity index is 797. The smallest absolute Gasteiger partial charge is 0.334 e. The number of aliphatic hydroxyl groups is 4. The molecule has 1 fully saturated rings. The van der Waals surface area contributed by atoms with Gasteiger partial charge in [-0.3, -0.25) is 0 Å². The topological polar surface area (TPSA) is 116 Å². The first-order valence-electron chi connectivity index (χ1n) is 18.2. The standard InChI is InChI=1S/C37H66O7/c1-3-4-5-6-7-8-9-10-11-12-13-14-15-19-22-33(39)34(40)24-25-35(41)36-26-23-32(44-36)21-18-16-17-20-31(38)28-30-27-29(2)43-37(30)42/h14-15,27,29,31-36,38-41H,3-13,16-26,28H2,1-2H3/b15-14-/t29-,31-,32+,33+,34+,35-,36-/m0/s1. The van der Waals surface area contributed by atoms with Crippen molar-refractivity contribution in [1.29, 1.82) is 0 Å². The van der Waals surface area contributed by atoms with Crippen molar-refractivity contribution in [3.63, 3.8) is 0 Å². The number of aliphatic hydroxyl groups excluding tert-OH is 4. The molecule has 7 nitrogen and oxygen atoms in total. The number of allylic oxidation sites excluding steroid dienone is 2. The second-order valence-electron chi connectivity index (χ2n) is 13.5. The number of carbonyl (C=O) groups excluding carboxylic acids is 1. The summed E-state index contributed by atoms with van der Waals surface area (Å²) in [5, 5.41) is 41.6. The summed E-state index contributed by atoms with van der Waals surface area (Å²) < 4.78 is 11.2. The van der Waals surface area contributed by atoms with Gasteiger partial charge in [0.05, 0.1) is 36.6 Å². The fourth-order valence-corrected chi connectivity index (χ4v) is 6.46. The Labute approximate surface area is 268 Å². The second kappa shape index (κ2) is 24.0. The average molecular weight is 623 g/mol. The van der Waals surface area contributed by atoms with Crippen LogP contribution in [0.25, 0.3) is 0 Å². The fourth-order valence-electron chi connectivity index (χ4n) is 6.46. The van der Waals surface area contributed by atoms with E-state index >= 15 is 0 Å². The maximum Gasteiger partial charge on any atom is 0.334 e. The van der Waals surface area contributed by atoms with Crippen molar-refractivity contribution in [3.8, 4) is 0 Å². The second-order valence-corrected chi connectivity index (χ2v) is 13.5. The zero-order valence-electron chi connectivity index (χ0n) is 28.1. The summed E-state index contributed by atoms with van der Waals surface area (Å²) in [5.41, 5.74) is 0.582. The van der Waals surface area contributed by atoms with Crippen molar-refractivity contribution >= 4 is 5.97 Å². The summed E-state index contributed by atoms with van der Waals surface area (Å²) in [6, 6.07) is 0. The van der Waals surface area contributed by atoms with Crippen LogP contribution in [0.5, 0.6) is 0 Å². The number of ether oxygens (including phenoxy) is 2. The Morgan fingerprint density at radius 1 is 0.773 bits per heavy atom. The molecule has 1 saturated heterocycles. The van der Waals surface area contributed by atoms with Crippen molar-refractivity contribution in [2.24, 2.45) is 0 Å². The molecule has 0 radical (unpaired) electrons. The van der Waals surface area contributed by atoms with E-state index in [4.69, 9.17) is 9.47 Å². The van der Waals surface area contributed by atoms with E-state index in [0.29, 0.717) is 37.7 Å². The summed E-state index contributed by atoms with van der Waals surface area (Å²) in [6.45, 7) is 4.08. The molecule has 7 heteroatoms. The van der Waals surface area contributed by atoms with Gasteiger partial charge in [-0.2, -0.15) is 0 Å². The van der Waals surface area contributed by atoms with Gasteiger partial charge in [-0.05, 0) is 77.2 Å². The third-order valence-electron chi connectivity index (χ3n) is 9.30. The summed E-state index contributed by atoms with van der Waals surface area (Å²) >= 11 is 0. The molecule has 2 heterocycles. The third kappa shape index (κ3) is 17.4. The number of hydrogen-bond donors (Lipinski definition) is 4. The van der Waals surface area contributed by atoms with Gasteiger partial charge < -0.3 is 29.9 Å². The molecule has 0 aromatic heterocycles. The highest BCUT2D eigenvalue weighted by Gasteiger charge is 2.31. The molecule has 0 aliphatic carbocycles. The first-order valence-corrected chi connectivity index (χ1v) is 18.2. The molecule has 2 aliphatic rings. The summed E-state index contributed by atoms with van der Waals surface area (Å²) in [6.07, 6.45) is 26.3. The summed E-state index contributed by atoms with van der Waals surface area (Å²) in [5.74, 6) is -0.310. The molecule has 256 valence electrons. The largest absolute Gasteiger partial charge is 0.455 e. The minimum atomic E-state index is -0.827. The Hall–Kier alpha value is -1.25. The van der Waals surface area contributed by atoms with Crippen molar-refractivity contribution in [2.75, 3.05) is 0 Å². The number of rotatable bonds is 27. The average Bonchev–Trinajstić information content (AvgIpc) is 3.60. The van der Waals surface area contributed by atoms with E-state index in [9.17, 15) is 25.2 Å². The zero-order valence-corrected chi connectivity index (χ0v) is 28.1. The molecule has 0 aromatic rings. The lowest BCUT2D eigenvalue weighted by molar-refractivity contribution is -0.139. The lowest BCUT2D eigenvalue weighted by Crippen LogP contribution is -2.31. The van der Waals surface area contributed by atoms with E-state index in [2.05, 4.69) is 19.1 Å². The molecule has 0 unspecified atom stereocenters. The molecule has 44 heavy (non-hydrogen) atoms. The number of carbonyl (C=O) groups is 1. The Morgan fingerprint density at radius 2 is 1.41 bits per heavy atom. The van der Waals surface area contributed by atoms with Crippen LogP contribution in [0.4, 0.5) is 0 Å². The van der Waals surface area contributed by atoms with Crippen LogP contribution >= 0.6 is 0 Å². The molecule has 0 saturated carbocycles. The summed E-state index contributed by atoms with van der Waals surface area (Å²) in [7, 11) is 0. The first-order chi connectivity index (χ1) is 21.3. The highest BCUT2D eigenvalue weighted by Crippen LogP contribution is 2.28. The Balaban J connectivity index is 1.43. The predicted octanol–water partition coefficient (Wildman–Crippen LogP) is 7.62. The van der Waals surface area contributed by atoms with Gasteiger partial charge >= 0.3 is 5.97 Å². The molecule has 0 bridgehead atoms. The maximum atomic E-state index is 11.7. The maximum absolute atomic E-state index is 11.7. The predicted molar refractivity (Wildman–Crippen MR) is 177 cm³/mol. The van der Waals surface area contributed by atoms with Crippen LogP contribution in [0.2, 0.25) is 0 Å². The summed E-state index contributed by atoms with van der Waals surface area (Å²) in [4.78, 5) is 11.7. The number of unbranched alkanes of at least 4 members (excludes halogenated alkanes) is 12. The van der Waals surface area contributed by atoms with Gasteiger partial charge in [0.1, 0.15) is 6.10 Å². The van der Waals surface area contributed by atoms with Gasteiger partial charge in [0.25, 0.3) is 0 Å². The molecule has 0 amide bonds. The minimum Gasteiger partial charge on any atom is -0.455 e. The molecule has 7 atom stereocenters. The van der Waals surface area contributed by atoms with E-state index in [1.807, 2.05) is 6.92 Å². The Morgan fingerprint density at radius 3 is 2.09 bits per heavy atom. The SMILES string of the molecule is CCCCCCCCCCCC/C=C\CC[C@@H](O)[C@H](O)CC[C@H](O)[C@@H]1CC[C@@H](CCCCC[C@H](O)CC2=C[C@H](C)OC2=O)O1. The number of cyclic esters (lactones) is 1. The van der Waals surface area contributed by atoms with Crippen LogP contribution in [-0.2, 0) is 14.3 Å².